The van der Waals surface area contributed by atoms with Crippen molar-refractivity contribution in [1.82, 2.24) is 4.57 Å². The predicted octanol–water partition coefficient (Wildman–Crippen LogP) is 3.84. The lowest BCUT2D eigenvalue weighted by Gasteiger charge is -2.22. The molecular weight excluding hydrogens is 222 g/mol. The van der Waals surface area contributed by atoms with Crippen LogP contribution >= 0.6 is 0 Å². The molecule has 0 saturated carbocycles. The molecule has 0 fully saturated rings. The number of benzene rings is 1. The fourth-order valence-corrected chi connectivity index (χ4v) is 2.39. The fraction of sp³-hybridized carbons (Fsp3) is 0.438. The van der Waals surface area contributed by atoms with Crippen LogP contribution in [0.25, 0.3) is 10.9 Å². The van der Waals surface area contributed by atoms with E-state index >= 15 is 0 Å². The molecule has 2 rings (SSSR count). The highest BCUT2D eigenvalue weighted by Crippen LogP contribution is 2.28. The zero-order chi connectivity index (χ0) is 13.5. The summed E-state index contributed by atoms with van der Waals surface area (Å²) in [5, 5.41) is 1.25. The first-order valence-electron chi connectivity index (χ1n) is 6.39. The van der Waals surface area contributed by atoms with Gasteiger partial charge in [-0.1, -0.05) is 6.07 Å². The number of Topliss-reactive ketones (excluding diaryl/α,β-unsaturated/α-hetero) is 1. The molecule has 18 heavy (non-hydrogen) atoms. The molecule has 0 spiro atoms. The van der Waals surface area contributed by atoms with E-state index in [1.807, 2.05) is 0 Å². The second-order valence-corrected chi connectivity index (χ2v) is 6.08. The van der Waals surface area contributed by atoms with Crippen LogP contribution in [0.1, 0.15) is 38.8 Å². The number of aromatic nitrogens is 1. The molecule has 0 unspecified atom stereocenters. The van der Waals surface area contributed by atoms with Crippen molar-refractivity contribution in [3.8, 4) is 0 Å². The van der Waals surface area contributed by atoms with Crippen LogP contribution in [0.5, 0.6) is 0 Å². The number of aryl methyl sites for hydroxylation is 1. The van der Waals surface area contributed by atoms with E-state index in [9.17, 15) is 4.79 Å². The molecule has 0 radical (unpaired) electrons. The number of fused-ring (bicyclic) bond motifs is 1. The number of hydrogen-bond acceptors (Lipinski definition) is 1. The van der Waals surface area contributed by atoms with Gasteiger partial charge in [0.05, 0.1) is 0 Å². The topological polar surface area (TPSA) is 22.0 Å². The molecule has 0 bridgehead atoms. The van der Waals surface area contributed by atoms with Gasteiger partial charge in [0.25, 0.3) is 0 Å². The van der Waals surface area contributed by atoms with Gasteiger partial charge in [0, 0.05) is 29.1 Å². The van der Waals surface area contributed by atoms with Gasteiger partial charge in [-0.2, -0.15) is 0 Å². The molecule has 1 aromatic carbocycles. The first-order valence-corrected chi connectivity index (χ1v) is 6.39. The van der Waals surface area contributed by atoms with E-state index in [1.165, 1.54) is 16.5 Å². The zero-order valence-corrected chi connectivity index (χ0v) is 11.9. The normalized spacial score (nSPS) is 12.1. The van der Waals surface area contributed by atoms with Crippen LogP contribution in [-0.4, -0.2) is 10.4 Å². The van der Waals surface area contributed by atoms with Gasteiger partial charge < -0.3 is 4.57 Å². The van der Waals surface area contributed by atoms with Crippen molar-refractivity contribution in [2.75, 3.05) is 0 Å². The molecule has 1 heterocycles. The molecule has 0 amide bonds. The summed E-state index contributed by atoms with van der Waals surface area (Å²) < 4.78 is 2.30. The quantitative estimate of drug-likeness (QED) is 0.785. The summed E-state index contributed by atoms with van der Waals surface area (Å²) in [6.45, 7) is 10.4. The maximum atomic E-state index is 11.2. The third kappa shape index (κ3) is 2.33. The van der Waals surface area contributed by atoms with Crippen molar-refractivity contribution in [2.24, 2.45) is 0 Å². The summed E-state index contributed by atoms with van der Waals surface area (Å²) in [5.41, 5.74) is 3.69. The Morgan fingerprint density at radius 1 is 1.28 bits per heavy atom. The Hall–Kier alpha value is -1.57. The summed E-state index contributed by atoms with van der Waals surface area (Å²) in [6.07, 6.45) is 2.72. The van der Waals surface area contributed by atoms with Crippen LogP contribution in [0.15, 0.2) is 24.4 Å². The second kappa shape index (κ2) is 4.27. The molecule has 0 aliphatic rings. The number of rotatable bonds is 2. The number of hydrogen-bond donors (Lipinski definition) is 0. The molecule has 1 aromatic heterocycles. The predicted molar refractivity (Wildman–Crippen MR) is 76.1 cm³/mol. The molecule has 96 valence electrons. The van der Waals surface area contributed by atoms with E-state index in [0.717, 1.165) is 5.56 Å². The highest BCUT2D eigenvalue weighted by molar-refractivity contribution is 5.86. The molecule has 0 aliphatic carbocycles. The zero-order valence-electron chi connectivity index (χ0n) is 11.9. The lowest BCUT2D eigenvalue weighted by Crippen LogP contribution is -2.20. The Kier molecular flexibility index (Phi) is 3.05. The van der Waals surface area contributed by atoms with E-state index in [1.54, 1.807) is 6.92 Å². The molecule has 0 atom stereocenters. The lowest BCUT2D eigenvalue weighted by molar-refractivity contribution is -0.116. The third-order valence-corrected chi connectivity index (χ3v) is 3.24. The van der Waals surface area contributed by atoms with Gasteiger partial charge in [-0.05, 0) is 57.9 Å². The maximum absolute atomic E-state index is 11.2. The largest absolute Gasteiger partial charge is 0.342 e. The fourth-order valence-electron chi connectivity index (χ4n) is 2.39. The van der Waals surface area contributed by atoms with E-state index < -0.39 is 0 Å². The summed E-state index contributed by atoms with van der Waals surface area (Å²) in [7, 11) is 0. The van der Waals surface area contributed by atoms with Crippen molar-refractivity contribution >= 4 is 16.7 Å². The van der Waals surface area contributed by atoms with Gasteiger partial charge in [-0.25, -0.2) is 0 Å². The van der Waals surface area contributed by atoms with E-state index in [4.69, 9.17) is 0 Å². The van der Waals surface area contributed by atoms with Crippen LogP contribution in [0.2, 0.25) is 0 Å². The minimum absolute atomic E-state index is 0.0780. The van der Waals surface area contributed by atoms with E-state index in [-0.39, 0.29) is 11.3 Å². The first-order chi connectivity index (χ1) is 8.29. The molecular formula is C16H21NO. The van der Waals surface area contributed by atoms with Crippen LogP contribution < -0.4 is 0 Å². The van der Waals surface area contributed by atoms with Crippen LogP contribution in [-0.2, 0) is 16.8 Å². The Bertz CT molecular complexity index is 599. The SMILES string of the molecule is CC(=O)Cc1ccc2c(c1)c(C)cn2C(C)(C)C. The maximum Gasteiger partial charge on any atom is 0.134 e. The number of ketones is 1. The number of nitrogens with zero attached hydrogens (tertiary/aromatic N) is 1. The van der Waals surface area contributed by atoms with Gasteiger partial charge in [0.2, 0.25) is 0 Å². The van der Waals surface area contributed by atoms with Gasteiger partial charge in [0.1, 0.15) is 5.78 Å². The van der Waals surface area contributed by atoms with Crippen molar-refractivity contribution in [3.63, 3.8) is 0 Å². The minimum atomic E-state index is 0.0780. The highest BCUT2D eigenvalue weighted by atomic mass is 16.1. The van der Waals surface area contributed by atoms with Crippen molar-refractivity contribution in [2.45, 2.75) is 46.6 Å². The third-order valence-electron chi connectivity index (χ3n) is 3.24. The molecule has 2 heteroatoms. The Balaban J connectivity index is 2.59. The average Bonchev–Trinajstić information content (AvgIpc) is 2.55. The Morgan fingerprint density at radius 2 is 1.94 bits per heavy atom. The summed E-state index contributed by atoms with van der Waals surface area (Å²) in [5.74, 6) is 0.210. The molecule has 2 aromatic rings. The molecule has 0 saturated heterocycles. The summed E-state index contributed by atoms with van der Waals surface area (Å²) >= 11 is 0. The first kappa shape index (κ1) is 12.9. The highest BCUT2D eigenvalue weighted by Gasteiger charge is 2.17. The van der Waals surface area contributed by atoms with Crippen LogP contribution in [0.4, 0.5) is 0 Å². The summed E-state index contributed by atoms with van der Waals surface area (Å²) in [4.78, 5) is 11.2. The van der Waals surface area contributed by atoms with E-state index in [0.29, 0.717) is 6.42 Å². The number of carbonyl (C=O) groups excluding carboxylic acids is 1. The van der Waals surface area contributed by atoms with Gasteiger partial charge in [0.15, 0.2) is 0 Å². The Labute approximate surface area is 109 Å². The second-order valence-electron chi connectivity index (χ2n) is 6.08. The minimum Gasteiger partial charge on any atom is -0.342 e. The smallest absolute Gasteiger partial charge is 0.134 e. The average molecular weight is 243 g/mol. The van der Waals surface area contributed by atoms with Crippen LogP contribution in [0.3, 0.4) is 0 Å². The van der Waals surface area contributed by atoms with Crippen molar-refractivity contribution < 1.29 is 4.79 Å². The lowest BCUT2D eigenvalue weighted by atomic mass is 10.1. The van der Waals surface area contributed by atoms with Crippen LogP contribution in [0, 0.1) is 6.92 Å². The van der Waals surface area contributed by atoms with Crippen molar-refractivity contribution in [3.05, 3.63) is 35.5 Å². The standard InChI is InChI=1S/C16H21NO/c1-11-10-17(16(3,4)5)15-7-6-13(8-12(2)18)9-14(11)15/h6-7,9-10H,8H2,1-5H3. The molecule has 2 nitrogen and oxygen atoms in total. The van der Waals surface area contributed by atoms with Gasteiger partial charge in [-0.3, -0.25) is 4.79 Å². The van der Waals surface area contributed by atoms with E-state index in [2.05, 4.69) is 56.7 Å². The van der Waals surface area contributed by atoms with Gasteiger partial charge >= 0.3 is 0 Å². The summed E-state index contributed by atoms with van der Waals surface area (Å²) in [6, 6.07) is 6.34. The number of carbonyl (C=O) groups is 1. The molecule has 0 aliphatic heterocycles. The monoisotopic (exact) mass is 243 g/mol. The van der Waals surface area contributed by atoms with Crippen molar-refractivity contribution in [1.29, 1.82) is 0 Å². The van der Waals surface area contributed by atoms with Gasteiger partial charge in [-0.15, -0.1) is 0 Å². The molecule has 0 N–H and O–H groups in total. The Morgan fingerprint density at radius 3 is 2.50 bits per heavy atom.